The van der Waals surface area contributed by atoms with Crippen LogP contribution in [0.5, 0.6) is 0 Å². The molecule has 0 aromatic carbocycles. The number of hydrogen-bond donors (Lipinski definition) is 3. The van der Waals surface area contributed by atoms with E-state index < -0.39 is 95.1 Å². The Morgan fingerprint density at radius 3 is 1.94 bits per heavy atom. The number of rotatable bonds is 26. The van der Waals surface area contributed by atoms with E-state index >= 15 is 8.78 Å². The highest BCUT2D eigenvalue weighted by molar-refractivity contribution is 8.55. The largest absolute Gasteiger partial charge is 0.509 e. The summed E-state index contributed by atoms with van der Waals surface area (Å²) in [5.41, 5.74) is 12.5. The maximum absolute atomic E-state index is 16.8. The van der Waals surface area contributed by atoms with E-state index in [2.05, 4.69) is 36.8 Å². The summed E-state index contributed by atoms with van der Waals surface area (Å²) in [4.78, 5) is 47.3. The smallest absolute Gasteiger partial charge is 0.434 e. The van der Waals surface area contributed by atoms with Gasteiger partial charge in [0.05, 0.1) is 38.6 Å². The molecule has 27 heteroatoms. The van der Waals surface area contributed by atoms with Crippen LogP contribution in [0.3, 0.4) is 0 Å². The van der Waals surface area contributed by atoms with Gasteiger partial charge < -0.3 is 44.6 Å². The number of carbonyl (C=O) groups excluding carboxylic acids is 1. The molecule has 10 atom stereocenters. The van der Waals surface area contributed by atoms with Crippen LogP contribution in [0.4, 0.5) is 25.2 Å². The van der Waals surface area contributed by atoms with Crippen molar-refractivity contribution in [2.24, 2.45) is 5.92 Å². The van der Waals surface area contributed by atoms with Gasteiger partial charge in [0.1, 0.15) is 42.2 Å². The third kappa shape index (κ3) is 12.6. The Bertz CT molecular complexity index is 2230. The quantitative estimate of drug-likeness (QED) is 0.0247. The number of halogens is 2. The molecule has 0 amide bonds. The number of unbranched alkanes of at least 4 members (excludes halogenated alkanes) is 9. The lowest BCUT2D eigenvalue weighted by Gasteiger charge is -2.26. The zero-order valence-corrected chi connectivity index (χ0v) is 38.4. The Balaban J connectivity index is 1.15. The first-order chi connectivity index (χ1) is 30.8. The van der Waals surface area contributed by atoms with E-state index in [-0.39, 0.29) is 40.6 Å². The molecule has 0 aliphatic carbocycles. The predicted molar refractivity (Wildman–Crippen MR) is 229 cm³/mol. The van der Waals surface area contributed by atoms with Crippen LogP contribution in [0.15, 0.2) is 25.3 Å². The van der Waals surface area contributed by atoms with Crippen LogP contribution in [-0.4, -0.2) is 120 Å². The second-order valence-electron chi connectivity index (χ2n) is 15.4. The van der Waals surface area contributed by atoms with Gasteiger partial charge in [-0.05, 0) is 6.42 Å². The number of imidazole rings is 2. The Labute approximate surface area is 372 Å². The Morgan fingerprint density at radius 1 is 0.797 bits per heavy atom. The zero-order chi connectivity index (χ0) is 45.9. The molecule has 356 valence electrons. The van der Waals surface area contributed by atoms with Crippen molar-refractivity contribution >= 4 is 65.9 Å². The molecule has 4 aromatic rings. The number of ether oxygens (including phenoxy) is 5. The number of hydrogen-bond acceptors (Lipinski definition) is 20. The molecule has 2 fully saturated rings. The number of methoxy groups -OCH3 is 1. The number of carbonyl (C=O) groups is 1. The van der Waals surface area contributed by atoms with Crippen molar-refractivity contribution in [3.05, 3.63) is 25.3 Å². The van der Waals surface area contributed by atoms with Crippen LogP contribution in [0, 0.1) is 5.92 Å². The Hall–Kier alpha value is -3.64. The molecular formula is C37H56F2N10O12P2S. The fourth-order valence-corrected chi connectivity index (χ4v) is 10.8. The minimum Gasteiger partial charge on any atom is -0.434 e. The molecule has 64 heavy (non-hydrogen) atoms. The number of aromatic nitrogens is 8. The van der Waals surface area contributed by atoms with Crippen molar-refractivity contribution in [1.29, 1.82) is 0 Å². The van der Waals surface area contributed by atoms with E-state index in [1.807, 2.05) is 0 Å². The number of nitrogens with zero attached hydrogens (tertiary/aromatic N) is 8. The zero-order valence-electron chi connectivity index (χ0n) is 35.8. The molecular weight excluding hydrogens is 908 g/mol. The fourth-order valence-electron chi connectivity index (χ4n) is 7.27. The van der Waals surface area contributed by atoms with Crippen LogP contribution >= 0.6 is 25.8 Å². The van der Waals surface area contributed by atoms with E-state index in [9.17, 15) is 18.8 Å². The van der Waals surface area contributed by atoms with Crippen molar-refractivity contribution < 1.29 is 64.9 Å². The van der Waals surface area contributed by atoms with Gasteiger partial charge in [0.2, 0.25) is 0 Å². The third-order valence-electron chi connectivity index (χ3n) is 10.8. The van der Waals surface area contributed by atoms with Crippen molar-refractivity contribution in [2.75, 3.05) is 50.7 Å². The normalized spacial score (nSPS) is 25.5. The lowest BCUT2D eigenvalue weighted by Crippen LogP contribution is -2.34. The molecule has 4 aromatic heterocycles. The van der Waals surface area contributed by atoms with Crippen LogP contribution in [0.25, 0.3) is 22.3 Å². The van der Waals surface area contributed by atoms with E-state index in [0.29, 0.717) is 17.8 Å². The lowest BCUT2D eigenvalue weighted by atomic mass is 10.0. The number of anilines is 2. The van der Waals surface area contributed by atoms with Crippen molar-refractivity contribution in [2.45, 2.75) is 121 Å². The minimum absolute atomic E-state index is 0.00157. The average molecular weight is 965 g/mol. The van der Waals surface area contributed by atoms with Gasteiger partial charge in [-0.2, -0.15) is 0 Å². The molecule has 22 nitrogen and oxygen atoms in total. The standard InChI is InChI=1S/C37H56F2N10O12P2S/c1-4-5-6-7-8-9-10-11-12-13-14-55-37(50)56-22-64-63(53,58-15-24-23(2)26(38)35(59-24)48-19-46-28-31(40)42-17-44-33(28)48)61-30-25(16-57-62(51,52)21-54-3)60-36(27(30)39)49-20-47-29-32(41)43-18-45-34(29)49/h17-20,23-27,30,35-36H,4-16,21-22H2,1-3H3,(H,51,52)(H2,40,42,44)(H2,41,43,45)/t23-,24-,25-,26-,27-,30-,35-,36-,63?/m1/s1. The predicted octanol–water partition coefficient (Wildman–Crippen LogP) is 7.02. The Kier molecular flexibility index (Phi) is 18.0. The summed E-state index contributed by atoms with van der Waals surface area (Å²) >= 11 is 0.374. The molecule has 2 aliphatic heterocycles. The highest BCUT2D eigenvalue weighted by atomic mass is 32.7. The van der Waals surface area contributed by atoms with E-state index in [4.69, 9.17) is 48.7 Å². The van der Waals surface area contributed by atoms with Gasteiger partial charge in [-0.3, -0.25) is 22.7 Å². The summed E-state index contributed by atoms with van der Waals surface area (Å²) < 4.78 is 107. The van der Waals surface area contributed by atoms with Gasteiger partial charge in [0.25, 0.3) is 0 Å². The van der Waals surface area contributed by atoms with Crippen molar-refractivity contribution in [3.63, 3.8) is 0 Å². The number of fused-ring (bicyclic) bond motifs is 2. The van der Waals surface area contributed by atoms with Gasteiger partial charge in [-0.1, -0.05) is 71.6 Å². The molecule has 0 bridgehead atoms. The molecule has 2 saturated heterocycles. The minimum atomic E-state index is -4.69. The Morgan fingerprint density at radius 2 is 1.34 bits per heavy atom. The molecule has 0 saturated carbocycles. The van der Waals surface area contributed by atoms with Crippen LogP contribution in [0.1, 0.15) is 90.5 Å². The summed E-state index contributed by atoms with van der Waals surface area (Å²) in [6, 6.07) is 0. The number of nitrogens with two attached hydrogens (primary N) is 2. The van der Waals surface area contributed by atoms with Crippen molar-refractivity contribution in [3.8, 4) is 0 Å². The summed E-state index contributed by atoms with van der Waals surface area (Å²) in [7, 11) is -3.21. The first kappa shape index (κ1) is 49.8. The SMILES string of the molecule is CCCCCCCCCCCCOC(=O)OCSP(=O)(OC[C@H]1O[C@@H](n2cnc3c(N)ncnc32)[C@H](F)[C@@H]1C)O[C@H]1[C@@H](F)[C@H](n2cnc3c(N)ncnc32)O[C@@H]1COP(=O)(O)COC. The van der Waals surface area contributed by atoms with E-state index in [1.165, 1.54) is 67.3 Å². The van der Waals surface area contributed by atoms with Crippen LogP contribution in [-0.2, 0) is 46.4 Å². The number of nitrogen functional groups attached to an aromatic ring is 2. The summed E-state index contributed by atoms with van der Waals surface area (Å²) in [5.74, 6) is -1.43. The van der Waals surface area contributed by atoms with Crippen LogP contribution in [0.2, 0.25) is 0 Å². The third-order valence-corrected chi connectivity index (χ3v) is 15.2. The topological polar surface area (TPSA) is 285 Å². The molecule has 0 radical (unpaired) electrons. The summed E-state index contributed by atoms with van der Waals surface area (Å²) in [6.45, 7) is -2.18. The van der Waals surface area contributed by atoms with Crippen molar-refractivity contribution in [1.82, 2.24) is 39.0 Å². The summed E-state index contributed by atoms with van der Waals surface area (Å²) in [5, 5.41) is 0. The molecule has 5 N–H and O–H groups in total. The molecule has 0 spiro atoms. The van der Waals surface area contributed by atoms with Gasteiger partial charge in [0, 0.05) is 24.4 Å². The van der Waals surface area contributed by atoms with Gasteiger partial charge in [0.15, 0.2) is 53.7 Å². The average Bonchev–Trinajstić information content (AvgIpc) is 4.03. The van der Waals surface area contributed by atoms with Gasteiger partial charge in [-0.15, -0.1) is 0 Å². The summed E-state index contributed by atoms with van der Waals surface area (Å²) in [6.07, 6.45) is 2.89. The van der Waals surface area contributed by atoms with E-state index in [1.54, 1.807) is 6.92 Å². The lowest BCUT2D eigenvalue weighted by molar-refractivity contribution is -0.0452. The first-order valence-corrected chi connectivity index (χ1v) is 25.9. The molecule has 2 aliphatic rings. The maximum Gasteiger partial charge on any atom is 0.509 e. The molecule has 6 heterocycles. The highest BCUT2D eigenvalue weighted by Gasteiger charge is 2.52. The van der Waals surface area contributed by atoms with E-state index in [0.717, 1.165) is 32.0 Å². The fraction of sp³-hybridized carbons (Fsp3) is 0.703. The molecule has 6 rings (SSSR count). The van der Waals surface area contributed by atoms with Crippen LogP contribution < -0.4 is 11.5 Å². The van der Waals surface area contributed by atoms with Gasteiger partial charge in [-0.25, -0.2) is 48.0 Å². The molecule has 2 unspecified atom stereocenters. The monoisotopic (exact) mass is 964 g/mol. The maximum atomic E-state index is 16.8. The number of alkyl halides is 2. The second-order valence-corrected chi connectivity index (χ2v) is 21.1. The second kappa shape index (κ2) is 23.2. The first-order valence-electron chi connectivity index (χ1n) is 21.0. The highest BCUT2D eigenvalue weighted by Crippen LogP contribution is 2.63. The van der Waals surface area contributed by atoms with Gasteiger partial charge >= 0.3 is 20.5 Å².